The molecule has 0 atom stereocenters. The van der Waals surface area contributed by atoms with Crippen LogP contribution in [0.3, 0.4) is 0 Å². The summed E-state index contributed by atoms with van der Waals surface area (Å²) in [7, 11) is 0. The third-order valence-electron chi connectivity index (χ3n) is 1.89. The normalized spacial score (nSPS) is 11.4. The number of rotatable bonds is 2. The lowest BCUT2D eigenvalue weighted by atomic mass is 10.4. The van der Waals surface area contributed by atoms with Crippen LogP contribution in [0.1, 0.15) is 5.69 Å². The van der Waals surface area contributed by atoms with Gasteiger partial charge in [-0.25, -0.2) is 0 Å². The molecule has 2 aromatic rings. The van der Waals surface area contributed by atoms with Gasteiger partial charge in [-0.1, -0.05) is 17.3 Å². The predicted octanol–water partition coefficient (Wildman–Crippen LogP) is 1.21. The zero-order chi connectivity index (χ0) is 13.3. The van der Waals surface area contributed by atoms with E-state index in [1.807, 2.05) is 0 Å². The Labute approximate surface area is 102 Å². The minimum atomic E-state index is -4.68. The standard InChI is InChI=1S/C9H5F3N4OS/c1-2-3-13-7-15-16-5(9(10,11)12)4-6(17)14-8(16)18-7/h1,4H,3H2,(H,13,15). The van der Waals surface area contributed by atoms with Gasteiger partial charge in [-0.05, 0) is 0 Å². The highest BCUT2D eigenvalue weighted by molar-refractivity contribution is 7.20. The zero-order valence-corrected chi connectivity index (χ0v) is 9.47. The van der Waals surface area contributed by atoms with Crippen molar-refractivity contribution < 1.29 is 13.2 Å². The molecule has 1 N–H and O–H groups in total. The molecule has 2 aromatic heterocycles. The summed E-state index contributed by atoms with van der Waals surface area (Å²) in [6.07, 6.45) is 0.328. The Bertz CT molecular complexity index is 682. The van der Waals surface area contributed by atoms with Crippen LogP contribution in [0, 0.1) is 12.3 Å². The van der Waals surface area contributed by atoms with Crippen LogP contribution in [-0.4, -0.2) is 21.1 Å². The summed E-state index contributed by atoms with van der Waals surface area (Å²) in [5.41, 5.74) is -2.13. The first-order valence-corrected chi connectivity index (χ1v) is 5.39. The third kappa shape index (κ3) is 2.28. The molecule has 0 fully saturated rings. The van der Waals surface area contributed by atoms with Crippen LogP contribution < -0.4 is 10.9 Å². The minimum absolute atomic E-state index is 0.117. The van der Waals surface area contributed by atoms with Gasteiger partial charge in [0.15, 0.2) is 5.69 Å². The Kier molecular flexibility index (Phi) is 2.96. The monoisotopic (exact) mass is 274 g/mol. The van der Waals surface area contributed by atoms with Crippen molar-refractivity contribution in [3.8, 4) is 12.3 Å². The SMILES string of the molecule is C#CCNc1nn2c(C(F)(F)F)cc(=O)nc2s1. The van der Waals surface area contributed by atoms with Crippen LogP contribution >= 0.6 is 11.3 Å². The molecule has 0 unspecified atom stereocenters. The maximum atomic E-state index is 12.7. The van der Waals surface area contributed by atoms with Gasteiger partial charge in [0.05, 0.1) is 6.54 Å². The number of alkyl halides is 3. The molecule has 0 aliphatic carbocycles. The fraction of sp³-hybridized carbons (Fsp3) is 0.222. The average molecular weight is 274 g/mol. The third-order valence-corrected chi connectivity index (χ3v) is 2.75. The fourth-order valence-electron chi connectivity index (χ4n) is 1.22. The van der Waals surface area contributed by atoms with Gasteiger partial charge in [-0.3, -0.25) is 4.79 Å². The van der Waals surface area contributed by atoms with Crippen LogP contribution in [0.2, 0.25) is 0 Å². The number of fused-ring (bicyclic) bond motifs is 1. The smallest absolute Gasteiger partial charge is 0.349 e. The van der Waals surface area contributed by atoms with Crippen molar-refractivity contribution in [1.82, 2.24) is 14.6 Å². The van der Waals surface area contributed by atoms with E-state index in [1.54, 1.807) is 0 Å². The molecule has 2 heterocycles. The first kappa shape index (κ1) is 12.4. The Hall–Kier alpha value is -2.08. The molecule has 0 aliphatic rings. The van der Waals surface area contributed by atoms with Crippen LogP contribution in [-0.2, 0) is 6.18 Å². The van der Waals surface area contributed by atoms with Gasteiger partial charge in [-0.2, -0.15) is 22.7 Å². The summed E-state index contributed by atoms with van der Waals surface area (Å²) < 4.78 is 38.6. The largest absolute Gasteiger partial charge is 0.433 e. The lowest BCUT2D eigenvalue weighted by Crippen LogP contribution is -2.19. The summed E-state index contributed by atoms with van der Waals surface area (Å²) in [6, 6.07) is 0.400. The van der Waals surface area contributed by atoms with Gasteiger partial charge in [-0.15, -0.1) is 11.5 Å². The molecule has 0 bridgehead atoms. The predicted molar refractivity (Wildman–Crippen MR) is 59.5 cm³/mol. The Balaban J connectivity index is 2.61. The van der Waals surface area contributed by atoms with Crippen LogP contribution in [0.25, 0.3) is 4.96 Å². The van der Waals surface area contributed by atoms with Gasteiger partial charge in [0, 0.05) is 6.07 Å². The van der Waals surface area contributed by atoms with Crippen molar-refractivity contribution in [2.45, 2.75) is 6.18 Å². The first-order valence-electron chi connectivity index (χ1n) is 4.57. The first-order chi connectivity index (χ1) is 8.41. The number of anilines is 1. The number of nitrogens with zero attached hydrogens (tertiary/aromatic N) is 3. The van der Waals surface area contributed by atoms with E-state index in [1.165, 1.54) is 0 Å². The molecular weight excluding hydrogens is 269 g/mol. The minimum Gasteiger partial charge on any atom is -0.349 e. The van der Waals surface area contributed by atoms with Gasteiger partial charge >= 0.3 is 6.18 Å². The molecule has 0 aromatic carbocycles. The van der Waals surface area contributed by atoms with Crippen molar-refractivity contribution in [3.63, 3.8) is 0 Å². The number of halogens is 3. The molecule has 94 valence electrons. The van der Waals surface area contributed by atoms with Crippen molar-refractivity contribution in [3.05, 3.63) is 22.1 Å². The van der Waals surface area contributed by atoms with Gasteiger partial charge < -0.3 is 5.32 Å². The molecule has 9 heteroatoms. The lowest BCUT2D eigenvalue weighted by Gasteiger charge is -2.06. The fourth-order valence-corrected chi connectivity index (χ4v) is 2.02. The number of nitrogens with one attached hydrogen (secondary N) is 1. The number of terminal acetylenes is 1. The van der Waals surface area contributed by atoms with E-state index in [-0.39, 0.29) is 16.6 Å². The molecule has 18 heavy (non-hydrogen) atoms. The molecule has 5 nitrogen and oxygen atoms in total. The Morgan fingerprint density at radius 2 is 2.28 bits per heavy atom. The van der Waals surface area contributed by atoms with E-state index < -0.39 is 17.4 Å². The Morgan fingerprint density at radius 3 is 2.89 bits per heavy atom. The van der Waals surface area contributed by atoms with Gasteiger partial charge in [0.25, 0.3) is 5.56 Å². The van der Waals surface area contributed by atoms with E-state index in [2.05, 4.69) is 21.3 Å². The van der Waals surface area contributed by atoms with Gasteiger partial charge in [0.2, 0.25) is 10.1 Å². The molecule has 0 aliphatic heterocycles. The zero-order valence-electron chi connectivity index (χ0n) is 8.65. The van der Waals surface area contributed by atoms with Crippen LogP contribution in [0.15, 0.2) is 10.9 Å². The molecule has 0 saturated carbocycles. The topological polar surface area (TPSA) is 59.3 Å². The van der Waals surface area contributed by atoms with E-state index in [9.17, 15) is 18.0 Å². The number of hydrogen-bond donors (Lipinski definition) is 1. The quantitative estimate of drug-likeness (QED) is 0.836. The lowest BCUT2D eigenvalue weighted by molar-refractivity contribution is -0.142. The van der Waals surface area contributed by atoms with E-state index in [0.29, 0.717) is 10.6 Å². The summed E-state index contributed by atoms with van der Waals surface area (Å²) in [5, 5.41) is 6.45. The maximum Gasteiger partial charge on any atom is 0.433 e. The highest BCUT2D eigenvalue weighted by atomic mass is 32.1. The number of aromatic nitrogens is 3. The summed E-state index contributed by atoms with van der Waals surface area (Å²) in [6.45, 7) is 0.117. The number of hydrogen-bond acceptors (Lipinski definition) is 5. The highest BCUT2D eigenvalue weighted by Crippen LogP contribution is 2.29. The highest BCUT2D eigenvalue weighted by Gasteiger charge is 2.35. The molecule has 2 rings (SSSR count). The second-order valence-corrected chi connectivity index (χ2v) is 4.09. The van der Waals surface area contributed by atoms with Crippen molar-refractivity contribution in [1.29, 1.82) is 0 Å². The van der Waals surface area contributed by atoms with Crippen LogP contribution in [0.4, 0.5) is 18.3 Å². The van der Waals surface area contributed by atoms with Crippen molar-refractivity contribution >= 4 is 21.4 Å². The van der Waals surface area contributed by atoms with Crippen molar-refractivity contribution in [2.75, 3.05) is 11.9 Å². The molecular formula is C9H5F3N4OS. The van der Waals surface area contributed by atoms with E-state index >= 15 is 0 Å². The summed E-state index contributed by atoms with van der Waals surface area (Å²) in [5.74, 6) is 2.26. The summed E-state index contributed by atoms with van der Waals surface area (Å²) >= 11 is 0.816. The van der Waals surface area contributed by atoms with Crippen molar-refractivity contribution in [2.24, 2.45) is 0 Å². The van der Waals surface area contributed by atoms with E-state index in [0.717, 1.165) is 11.3 Å². The molecule has 0 radical (unpaired) electrons. The Morgan fingerprint density at radius 1 is 1.56 bits per heavy atom. The molecule has 0 saturated heterocycles. The van der Waals surface area contributed by atoms with Crippen LogP contribution in [0.5, 0.6) is 0 Å². The maximum absolute atomic E-state index is 12.7. The second-order valence-electron chi connectivity index (χ2n) is 3.14. The summed E-state index contributed by atoms with van der Waals surface area (Å²) in [4.78, 5) is 14.4. The van der Waals surface area contributed by atoms with E-state index in [4.69, 9.17) is 6.42 Å². The molecule has 0 spiro atoms. The second kappa shape index (κ2) is 4.30. The van der Waals surface area contributed by atoms with Gasteiger partial charge in [0.1, 0.15) is 0 Å². The average Bonchev–Trinajstić information content (AvgIpc) is 2.66. The molecule has 0 amide bonds.